The largest absolute Gasteiger partial charge is 0.478 e. The zero-order valence-electron chi connectivity index (χ0n) is 42.1. The Kier molecular flexibility index (Phi) is 29.5. The van der Waals surface area contributed by atoms with Crippen molar-refractivity contribution in [3.63, 3.8) is 0 Å². The maximum atomic E-state index is 13.2. The van der Waals surface area contributed by atoms with E-state index in [0.29, 0.717) is 17.7 Å². The van der Waals surface area contributed by atoms with Crippen LogP contribution in [0.1, 0.15) is 117 Å². The summed E-state index contributed by atoms with van der Waals surface area (Å²) in [6.45, 7) is 20.5. The predicted molar refractivity (Wildman–Crippen MR) is 258 cm³/mol. The maximum absolute atomic E-state index is 13.2. The third-order valence-corrected chi connectivity index (χ3v) is 8.38. The molecule has 0 unspecified atom stereocenters. The first kappa shape index (κ1) is 67.2. The average Bonchev–Trinajstić information content (AvgIpc) is 3.36. The fourth-order valence-corrected chi connectivity index (χ4v) is 4.72. The second kappa shape index (κ2) is 33.8. The van der Waals surface area contributed by atoms with Gasteiger partial charge in [-0.25, -0.2) is 62.3 Å². The number of carbonyl (C=O) groups excluding carboxylic acids is 9. The van der Waals surface area contributed by atoms with Crippen LogP contribution in [0.2, 0.25) is 0 Å². The van der Waals surface area contributed by atoms with Crippen molar-refractivity contribution >= 4 is 77.6 Å². The maximum Gasteiger partial charge on any atom is 0.339 e. The number of hydrogen-bond acceptors (Lipinski definition) is 23. The van der Waals surface area contributed by atoms with Crippen LogP contribution in [0, 0.1) is 0 Å². The third kappa shape index (κ3) is 24.2. The number of carbonyl (C=O) groups is 13. The van der Waals surface area contributed by atoms with E-state index in [9.17, 15) is 62.3 Å². The van der Waals surface area contributed by atoms with E-state index in [1.807, 2.05) is 0 Å². The van der Waals surface area contributed by atoms with E-state index in [0.717, 1.165) is 12.1 Å². The van der Waals surface area contributed by atoms with Gasteiger partial charge in [-0.2, -0.15) is 0 Å². The number of aliphatic hydroxyl groups excluding tert-OH is 1. The normalized spacial score (nSPS) is 9.79. The second-order valence-electron chi connectivity index (χ2n) is 15.0. The van der Waals surface area contributed by atoms with Gasteiger partial charge in [-0.15, -0.1) is 0 Å². The first-order valence-electron chi connectivity index (χ1n) is 21.6. The molecule has 0 atom stereocenters. The number of aromatic carboxylic acids is 4. The summed E-state index contributed by atoms with van der Waals surface area (Å²) >= 11 is 0. The van der Waals surface area contributed by atoms with Gasteiger partial charge >= 0.3 is 77.6 Å². The molecule has 0 saturated heterocycles. The lowest BCUT2D eigenvalue weighted by atomic mass is 9.98. The summed E-state index contributed by atoms with van der Waals surface area (Å²) in [5.41, 5.74) is -4.81. The fraction of sp³-hybridized carbons (Fsp3) is 0.300. The van der Waals surface area contributed by atoms with E-state index in [4.69, 9.17) is 63.4 Å². The van der Waals surface area contributed by atoms with Crippen molar-refractivity contribution in [2.24, 2.45) is 0 Å². The lowest BCUT2D eigenvalue weighted by Crippen LogP contribution is -2.23. The van der Waals surface area contributed by atoms with Crippen LogP contribution >= 0.6 is 0 Å². The summed E-state index contributed by atoms with van der Waals surface area (Å²) in [4.78, 5) is 153. The van der Waals surface area contributed by atoms with E-state index in [1.54, 1.807) is 6.92 Å². The van der Waals surface area contributed by atoms with Crippen molar-refractivity contribution < 1.29 is 130 Å². The minimum atomic E-state index is -1.66. The van der Waals surface area contributed by atoms with E-state index >= 15 is 0 Å². The van der Waals surface area contributed by atoms with Gasteiger partial charge < -0.3 is 68.2 Å². The summed E-state index contributed by atoms with van der Waals surface area (Å²) in [5, 5.41) is 43.2. The van der Waals surface area contributed by atoms with Gasteiger partial charge in [0.05, 0.1) is 51.1 Å². The zero-order chi connectivity index (χ0) is 59.3. The van der Waals surface area contributed by atoms with Crippen molar-refractivity contribution in [3.05, 3.63) is 130 Å². The number of carboxylic acids is 4. The molecule has 5 N–H and O–H groups in total. The number of aliphatic hydroxyl groups is 1. The third-order valence-electron chi connectivity index (χ3n) is 8.38. The van der Waals surface area contributed by atoms with Crippen LogP contribution in [0.4, 0.5) is 0 Å². The fourth-order valence-electron chi connectivity index (χ4n) is 4.72. The summed E-state index contributed by atoms with van der Waals surface area (Å²) in [7, 11) is 0. The van der Waals surface area contributed by atoms with Crippen molar-refractivity contribution in [3.8, 4) is 0 Å². The average molecular weight is 1090 g/mol. The SMILES string of the molecule is C=C(C)C(=O)OCCO.C=C(C)C(=O)OCCOC(=O)c1cc(C(=O)OCCOC(=O)C(=C)C)c(C(=O)OCCOC(=O)C(=C)C)cc1C(=O)OCCOC(=O)C(=C)C.O=C(O)c1cc(C(=O)O)c(C(=O)O)cc1C(=O)O. The lowest BCUT2D eigenvalue weighted by Gasteiger charge is -2.15. The highest BCUT2D eigenvalue weighted by Gasteiger charge is 2.30. The summed E-state index contributed by atoms with van der Waals surface area (Å²) in [6, 6.07) is 2.63. The van der Waals surface area contributed by atoms with E-state index in [1.165, 1.54) is 27.7 Å². The van der Waals surface area contributed by atoms with Gasteiger partial charge in [-0.05, 0) is 58.9 Å². The highest BCUT2D eigenvalue weighted by molar-refractivity contribution is 6.11. The molecule has 0 aliphatic rings. The zero-order valence-corrected chi connectivity index (χ0v) is 42.1. The minimum Gasteiger partial charge on any atom is -0.478 e. The Labute approximate surface area is 437 Å². The molecule has 0 radical (unpaired) electrons. The lowest BCUT2D eigenvalue weighted by molar-refractivity contribution is -0.140. The van der Waals surface area contributed by atoms with Gasteiger partial charge in [0.15, 0.2) is 0 Å². The van der Waals surface area contributed by atoms with Crippen LogP contribution in [0.3, 0.4) is 0 Å². The number of benzene rings is 2. The monoisotopic (exact) mass is 1090 g/mol. The molecule has 2 rings (SSSR count). The Morgan fingerprint density at radius 2 is 0.455 bits per heavy atom. The molecule has 416 valence electrons. The molecule has 0 aliphatic heterocycles. The minimum absolute atomic E-state index is 0.0473. The highest BCUT2D eigenvalue weighted by Crippen LogP contribution is 2.23. The van der Waals surface area contributed by atoms with E-state index in [2.05, 4.69) is 37.6 Å². The topological polar surface area (TPSA) is 406 Å². The van der Waals surface area contributed by atoms with Crippen LogP contribution in [-0.2, 0) is 66.6 Å². The number of rotatable bonds is 27. The Morgan fingerprint density at radius 1 is 0.299 bits per heavy atom. The first-order chi connectivity index (χ1) is 35.9. The molecule has 0 amide bonds. The number of carboxylic acid groups (broad SMARTS) is 4. The molecular weight excluding hydrogens is 1030 g/mol. The Hall–Kier alpha value is -9.79. The van der Waals surface area contributed by atoms with Gasteiger partial charge in [0, 0.05) is 27.9 Å². The summed E-state index contributed by atoms with van der Waals surface area (Å²) < 4.78 is 44.4. The Balaban J connectivity index is 0.00000173. The molecule has 0 heterocycles. The summed E-state index contributed by atoms with van der Waals surface area (Å²) in [5.74, 6) is -15.0. The molecule has 0 bridgehead atoms. The van der Waals surface area contributed by atoms with Crippen LogP contribution in [0.25, 0.3) is 0 Å². The van der Waals surface area contributed by atoms with Gasteiger partial charge in [-0.1, -0.05) is 32.9 Å². The molecular formula is C50H54O27. The molecule has 0 saturated carbocycles. The highest BCUT2D eigenvalue weighted by atomic mass is 16.6. The molecule has 2 aromatic rings. The van der Waals surface area contributed by atoms with Gasteiger partial charge in [-0.3, -0.25) is 0 Å². The number of ether oxygens (including phenoxy) is 9. The Morgan fingerprint density at radius 3 is 0.610 bits per heavy atom. The molecule has 27 heteroatoms. The van der Waals surface area contributed by atoms with Crippen molar-refractivity contribution in [1.29, 1.82) is 0 Å². The van der Waals surface area contributed by atoms with Crippen molar-refractivity contribution in [2.45, 2.75) is 34.6 Å². The molecule has 77 heavy (non-hydrogen) atoms. The molecule has 0 aromatic heterocycles. The second-order valence-corrected chi connectivity index (χ2v) is 15.0. The molecule has 0 fully saturated rings. The van der Waals surface area contributed by atoms with Gasteiger partial charge in [0.25, 0.3) is 0 Å². The van der Waals surface area contributed by atoms with E-state index < -0.39 is 175 Å². The van der Waals surface area contributed by atoms with Crippen LogP contribution in [0.15, 0.2) is 85.0 Å². The van der Waals surface area contributed by atoms with Crippen LogP contribution in [0.5, 0.6) is 0 Å². The van der Waals surface area contributed by atoms with Gasteiger partial charge in [0.1, 0.15) is 59.5 Å². The predicted octanol–water partition coefficient (Wildman–Crippen LogP) is 3.37. The number of esters is 9. The molecule has 0 spiro atoms. The Bertz CT molecular complexity index is 2380. The summed E-state index contributed by atoms with van der Waals surface area (Å²) in [6.07, 6.45) is 0. The van der Waals surface area contributed by atoms with E-state index in [-0.39, 0.29) is 35.5 Å². The van der Waals surface area contributed by atoms with Crippen LogP contribution in [-0.4, -0.2) is 169 Å². The first-order valence-corrected chi connectivity index (χ1v) is 21.6. The van der Waals surface area contributed by atoms with Crippen LogP contribution < -0.4 is 0 Å². The standard InChI is InChI=1S/C34H38O16.C10H6O8.C6H10O3/c1-19(2)27(35)43-9-13-47-31(39)23-17-25(33(41)49-15-11-45-29(37)21(5)6)26(34(42)50-16-12-46-30(38)22(7)8)18-24(23)32(40)48-14-10-44-28(36)20(3)4;11-7(12)3-1-4(8(13)14)6(10(17)18)2-5(3)9(15)16;1-5(2)6(8)9-4-3-7/h17-18H,1,3,5,7,9-16H2,2,4,6,8H3;1-2H,(H,11,12)(H,13,14)(H,15,16)(H,17,18);7H,1,3-4H2,2H3. The molecule has 2 aromatic carbocycles. The quantitative estimate of drug-likeness (QED) is 0.0370. The number of hydrogen-bond donors (Lipinski definition) is 5. The van der Waals surface area contributed by atoms with Gasteiger partial charge in [0.2, 0.25) is 0 Å². The molecule has 27 nitrogen and oxygen atoms in total. The van der Waals surface area contributed by atoms with Crippen molar-refractivity contribution in [1.82, 2.24) is 0 Å². The molecule has 0 aliphatic carbocycles. The smallest absolute Gasteiger partial charge is 0.339 e. The van der Waals surface area contributed by atoms with Crippen molar-refractivity contribution in [2.75, 3.05) is 66.1 Å².